The summed E-state index contributed by atoms with van der Waals surface area (Å²) < 4.78 is 7.09. The predicted molar refractivity (Wildman–Crippen MR) is 91.5 cm³/mol. The van der Waals surface area contributed by atoms with Crippen molar-refractivity contribution in [2.45, 2.75) is 6.54 Å². The molecule has 0 fully saturated rings. The molecule has 1 heterocycles. The molecule has 7 nitrogen and oxygen atoms in total. The Kier molecular flexibility index (Phi) is 5.49. The molecule has 124 valence electrons. The average molecular weight is 347 g/mol. The molecule has 3 aromatic rings. The number of hydrogen-bond acceptors (Lipinski definition) is 5. The maximum absolute atomic E-state index is 11.0. The summed E-state index contributed by atoms with van der Waals surface area (Å²) in [5, 5.41) is 15.1. The highest BCUT2D eigenvalue weighted by Gasteiger charge is 2.12. The van der Waals surface area contributed by atoms with E-state index in [2.05, 4.69) is 10.1 Å². The lowest BCUT2D eigenvalue weighted by atomic mass is 10.0. The molecule has 24 heavy (non-hydrogen) atoms. The fourth-order valence-corrected chi connectivity index (χ4v) is 2.37. The molecule has 0 spiro atoms. The highest BCUT2D eigenvalue weighted by molar-refractivity contribution is 5.85. The van der Waals surface area contributed by atoms with E-state index >= 15 is 0 Å². The predicted octanol–water partition coefficient (Wildman–Crippen LogP) is 3.33. The standard InChI is InChI=1S/C16H14N4O3.ClH/c1-23-16-6-5-12(9-19-11-17-10-18-19)7-15(16)13-3-2-4-14(8-13)20(21)22;/h2-8,10-11H,9H2,1H3;1H. The van der Waals surface area contributed by atoms with Gasteiger partial charge in [-0.25, -0.2) is 9.67 Å². The van der Waals surface area contributed by atoms with Gasteiger partial charge in [0.2, 0.25) is 0 Å². The van der Waals surface area contributed by atoms with Crippen LogP contribution in [0.2, 0.25) is 0 Å². The van der Waals surface area contributed by atoms with Crippen molar-refractivity contribution in [3.63, 3.8) is 0 Å². The lowest BCUT2D eigenvalue weighted by molar-refractivity contribution is -0.384. The minimum absolute atomic E-state index is 0. The van der Waals surface area contributed by atoms with Gasteiger partial charge in [-0.15, -0.1) is 12.4 Å². The second-order valence-electron chi connectivity index (χ2n) is 4.94. The molecule has 0 atom stereocenters. The first-order chi connectivity index (χ1) is 11.2. The number of non-ortho nitro benzene ring substituents is 1. The fourth-order valence-electron chi connectivity index (χ4n) is 2.37. The first-order valence-electron chi connectivity index (χ1n) is 6.91. The van der Waals surface area contributed by atoms with Crippen LogP contribution in [0.5, 0.6) is 5.75 Å². The molecule has 0 amide bonds. The van der Waals surface area contributed by atoms with Crippen LogP contribution in [0, 0.1) is 10.1 Å². The van der Waals surface area contributed by atoms with Gasteiger partial charge in [-0.05, 0) is 23.3 Å². The Bertz CT molecular complexity index is 837. The number of rotatable bonds is 5. The summed E-state index contributed by atoms with van der Waals surface area (Å²) in [6, 6.07) is 12.2. The minimum Gasteiger partial charge on any atom is -0.496 e. The van der Waals surface area contributed by atoms with Gasteiger partial charge in [-0.2, -0.15) is 5.10 Å². The quantitative estimate of drug-likeness (QED) is 0.522. The second kappa shape index (κ2) is 7.56. The minimum atomic E-state index is -0.408. The number of nitrogens with zero attached hydrogens (tertiary/aromatic N) is 4. The number of ether oxygens (including phenoxy) is 1. The molecule has 0 aliphatic rings. The lowest BCUT2D eigenvalue weighted by Crippen LogP contribution is -2.00. The van der Waals surface area contributed by atoms with Gasteiger partial charge in [0, 0.05) is 17.7 Å². The van der Waals surface area contributed by atoms with Gasteiger partial charge in [0.15, 0.2) is 0 Å². The van der Waals surface area contributed by atoms with E-state index in [-0.39, 0.29) is 18.1 Å². The maximum atomic E-state index is 11.0. The van der Waals surface area contributed by atoms with Crippen LogP contribution >= 0.6 is 12.4 Å². The molecule has 0 saturated heterocycles. The normalized spacial score (nSPS) is 10.0. The number of nitro benzene ring substituents is 1. The molecule has 1 aromatic heterocycles. The molecule has 8 heteroatoms. The topological polar surface area (TPSA) is 83.1 Å². The van der Waals surface area contributed by atoms with Crippen molar-refractivity contribution in [1.29, 1.82) is 0 Å². The molecule has 0 radical (unpaired) electrons. The first kappa shape index (κ1) is 17.4. The molecule has 0 N–H and O–H groups in total. The molecule has 0 aliphatic heterocycles. The van der Waals surface area contributed by atoms with E-state index in [1.165, 1.54) is 18.5 Å². The van der Waals surface area contributed by atoms with Gasteiger partial charge < -0.3 is 4.74 Å². The third-order valence-corrected chi connectivity index (χ3v) is 3.44. The lowest BCUT2D eigenvalue weighted by Gasteiger charge is -2.11. The van der Waals surface area contributed by atoms with Crippen molar-refractivity contribution >= 4 is 18.1 Å². The molecule has 0 saturated carbocycles. The SMILES string of the molecule is COc1ccc(Cn2cncn2)cc1-c1cccc([N+](=O)[O-])c1.Cl. The van der Waals surface area contributed by atoms with E-state index in [0.717, 1.165) is 16.7 Å². The van der Waals surface area contributed by atoms with Crippen LogP contribution in [0.4, 0.5) is 5.69 Å². The Hall–Kier alpha value is -2.93. The van der Waals surface area contributed by atoms with E-state index in [0.29, 0.717) is 12.3 Å². The zero-order chi connectivity index (χ0) is 16.2. The summed E-state index contributed by atoms with van der Waals surface area (Å²) in [6.45, 7) is 0.561. The fraction of sp³-hybridized carbons (Fsp3) is 0.125. The highest BCUT2D eigenvalue weighted by atomic mass is 35.5. The van der Waals surface area contributed by atoms with Crippen LogP contribution < -0.4 is 4.74 Å². The summed E-state index contributed by atoms with van der Waals surface area (Å²) in [4.78, 5) is 14.5. The summed E-state index contributed by atoms with van der Waals surface area (Å²) in [5.41, 5.74) is 2.58. The summed E-state index contributed by atoms with van der Waals surface area (Å²) >= 11 is 0. The molecule has 0 bridgehead atoms. The van der Waals surface area contributed by atoms with Crippen molar-refractivity contribution < 1.29 is 9.66 Å². The smallest absolute Gasteiger partial charge is 0.270 e. The monoisotopic (exact) mass is 346 g/mol. The summed E-state index contributed by atoms with van der Waals surface area (Å²) in [5.74, 6) is 0.660. The van der Waals surface area contributed by atoms with Gasteiger partial charge in [-0.1, -0.05) is 18.2 Å². The van der Waals surface area contributed by atoms with Crippen LogP contribution in [0.25, 0.3) is 11.1 Å². The number of hydrogen-bond donors (Lipinski definition) is 0. The van der Waals surface area contributed by atoms with Crippen molar-refractivity contribution in [3.8, 4) is 16.9 Å². The summed E-state index contributed by atoms with van der Waals surface area (Å²) in [6.07, 6.45) is 3.11. The number of halogens is 1. The average Bonchev–Trinajstić information content (AvgIpc) is 3.08. The number of nitro groups is 1. The first-order valence-corrected chi connectivity index (χ1v) is 6.91. The van der Waals surface area contributed by atoms with E-state index in [1.54, 1.807) is 24.2 Å². The van der Waals surface area contributed by atoms with Gasteiger partial charge in [-0.3, -0.25) is 10.1 Å². The van der Waals surface area contributed by atoms with Crippen molar-refractivity contribution in [2.24, 2.45) is 0 Å². The second-order valence-corrected chi connectivity index (χ2v) is 4.94. The molecule has 0 unspecified atom stereocenters. The van der Waals surface area contributed by atoms with Gasteiger partial charge >= 0.3 is 0 Å². The van der Waals surface area contributed by atoms with Crippen LogP contribution in [-0.2, 0) is 6.54 Å². The maximum Gasteiger partial charge on any atom is 0.270 e. The number of methoxy groups -OCH3 is 1. The number of benzene rings is 2. The van der Waals surface area contributed by atoms with Crippen molar-refractivity contribution in [2.75, 3.05) is 7.11 Å². The largest absolute Gasteiger partial charge is 0.496 e. The molecule has 0 aliphatic carbocycles. The van der Waals surface area contributed by atoms with Crippen LogP contribution in [-0.4, -0.2) is 26.8 Å². The Morgan fingerprint density at radius 3 is 2.75 bits per heavy atom. The summed E-state index contributed by atoms with van der Waals surface area (Å²) in [7, 11) is 1.58. The van der Waals surface area contributed by atoms with Crippen LogP contribution in [0.3, 0.4) is 0 Å². The molecular formula is C16H15ClN4O3. The Morgan fingerprint density at radius 1 is 1.25 bits per heavy atom. The number of aromatic nitrogens is 3. The van der Waals surface area contributed by atoms with Gasteiger partial charge in [0.25, 0.3) is 5.69 Å². The third kappa shape index (κ3) is 3.69. The zero-order valence-corrected chi connectivity index (χ0v) is 13.6. The van der Waals surface area contributed by atoms with E-state index in [4.69, 9.17) is 4.74 Å². The van der Waals surface area contributed by atoms with E-state index in [9.17, 15) is 10.1 Å². The van der Waals surface area contributed by atoms with Crippen LogP contribution in [0.1, 0.15) is 5.56 Å². The van der Waals surface area contributed by atoms with Gasteiger partial charge in [0.1, 0.15) is 18.4 Å². The van der Waals surface area contributed by atoms with Crippen molar-refractivity contribution in [3.05, 3.63) is 70.8 Å². The van der Waals surface area contributed by atoms with Gasteiger partial charge in [0.05, 0.1) is 18.6 Å². The highest BCUT2D eigenvalue weighted by Crippen LogP contribution is 2.32. The molecule has 2 aromatic carbocycles. The molecular weight excluding hydrogens is 332 g/mol. The van der Waals surface area contributed by atoms with Crippen molar-refractivity contribution in [1.82, 2.24) is 14.8 Å². The zero-order valence-electron chi connectivity index (χ0n) is 12.8. The third-order valence-electron chi connectivity index (χ3n) is 3.44. The Morgan fingerprint density at radius 2 is 2.08 bits per heavy atom. The molecule has 3 rings (SSSR count). The Balaban J connectivity index is 0.00000208. The Labute approximate surface area is 144 Å². The van der Waals surface area contributed by atoms with Crippen LogP contribution in [0.15, 0.2) is 55.1 Å². The van der Waals surface area contributed by atoms with E-state index < -0.39 is 4.92 Å². The van der Waals surface area contributed by atoms with E-state index in [1.807, 2.05) is 24.3 Å².